The molecule has 1 unspecified atom stereocenters. The fourth-order valence-electron chi connectivity index (χ4n) is 2.93. The van der Waals surface area contributed by atoms with E-state index in [1.165, 1.54) is 0 Å². The smallest absolute Gasteiger partial charge is 0.375 e. The van der Waals surface area contributed by atoms with Gasteiger partial charge in [0.25, 0.3) is 15.5 Å². The molecule has 0 saturated carbocycles. The first-order valence-electron chi connectivity index (χ1n) is 8.32. The molecule has 0 radical (unpaired) electrons. The van der Waals surface area contributed by atoms with Gasteiger partial charge >= 0.3 is 5.51 Å². The molecular weight excluding hydrogens is 403 g/mol. The highest BCUT2D eigenvalue weighted by Gasteiger charge is 2.47. The first-order chi connectivity index (χ1) is 13.0. The molecule has 0 fully saturated rings. The van der Waals surface area contributed by atoms with Crippen molar-refractivity contribution in [1.29, 1.82) is 0 Å². The lowest BCUT2D eigenvalue weighted by molar-refractivity contribution is -0.384. The fourth-order valence-corrected chi connectivity index (χ4v) is 3.71. The van der Waals surface area contributed by atoms with Crippen LogP contribution in [-0.4, -0.2) is 39.7 Å². The van der Waals surface area contributed by atoms with E-state index in [1.807, 2.05) is 6.92 Å². The van der Waals surface area contributed by atoms with Crippen molar-refractivity contribution in [2.75, 3.05) is 5.32 Å². The van der Waals surface area contributed by atoms with E-state index in [4.69, 9.17) is 0 Å². The lowest BCUT2D eigenvalue weighted by Crippen LogP contribution is -2.32. The topological polar surface area (TPSA) is 120 Å². The van der Waals surface area contributed by atoms with E-state index in [9.17, 15) is 31.7 Å². The van der Waals surface area contributed by atoms with Crippen molar-refractivity contribution in [2.24, 2.45) is 0 Å². The van der Waals surface area contributed by atoms with Crippen molar-refractivity contribution in [3.05, 3.63) is 40.0 Å². The molecule has 0 amide bonds. The van der Waals surface area contributed by atoms with Gasteiger partial charge in [-0.2, -0.15) is 18.3 Å². The van der Waals surface area contributed by atoms with E-state index in [1.54, 1.807) is 4.68 Å². The number of alkyl halides is 3. The molecule has 13 heteroatoms. The van der Waals surface area contributed by atoms with Crippen LogP contribution < -0.4 is 5.32 Å². The minimum atomic E-state index is -5.68. The van der Waals surface area contributed by atoms with E-state index < -0.39 is 30.9 Å². The summed E-state index contributed by atoms with van der Waals surface area (Å²) in [5, 5.41) is 18.5. The van der Waals surface area contributed by atoms with Crippen LogP contribution in [0, 0.1) is 10.1 Å². The number of rotatable bonds is 5. The Kier molecular flexibility index (Phi) is 5.04. The number of nitro benzene ring substituents is 1. The summed E-state index contributed by atoms with van der Waals surface area (Å²) in [6.07, 6.45) is 1.83. The normalized spacial score (nSPS) is 17.2. The molecule has 9 nitrogen and oxygen atoms in total. The van der Waals surface area contributed by atoms with Crippen molar-refractivity contribution < 1.29 is 26.5 Å². The molecule has 3 rings (SSSR count). The highest BCUT2D eigenvalue weighted by Crippen LogP contribution is 2.35. The lowest BCUT2D eigenvalue weighted by atomic mass is 10.1. The minimum absolute atomic E-state index is 0.0598. The maximum Gasteiger partial charge on any atom is 0.501 e. The molecule has 0 aliphatic carbocycles. The first-order valence-corrected chi connectivity index (χ1v) is 9.80. The van der Waals surface area contributed by atoms with Gasteiger partial charge in [0.1, 0.15) is 11.5 Å². The summed E-state index contributed by atoms with van der Waals surface area (Å²) in [6.45, 7) is 2.29. The monoisotopic (exact) mass is 419 g/mol. The standard InChI is InChI=1S/C15H16F3N5O4S/c1-2-13-20-14-6-3-9(8-22(14)21-13)19-11-5-4-10(7-12(11)23(24)25)28(26,27)15(16,17)18/h4-5,7,9,19H,2-3,6,8H2,1H3. The van der Waals surface area contributed by atoms with Crippen molar-refractivity contribution in [1.82, 2.24) is 14.8 Å². The average molecular weight is 419 g/mol. The average Bonchev–Trinajstić information content (AvgIpc) is 3.03. The van der Waals surface area contributed by atoms with Gasteiger partial charge in [-0.25, -0.2) is 18.1 Å². The number of hydrogen-bond donors (Lipinski definition) is 1. The number of nitrogens with one attached hydrogen (secondary N) is 1. The molecular formula is C15H16F3N5O4S. The van der Waals surface area contributed by atoms with Crippen LogP contribution in [0.1, 0.15) is 25.0 Å². The van der Waals surface area contributed by atoms with Gasteiger partial charge in [-0.05, 0) is 18.6 Å². The van der Waals surface area contributed by atoms with Crippen molar-refractivity contribution in [2.45, 2.75) is 49.2 Å². The van der Waals surface area contributed by atoms with E-state index in [0.717, 1.165) is 11.9 Å². The number of sulfone groups is 1. The van der Waals surface area contributed by atoms with Gasteiger partial charge in [0, 0.05) is 24.9 Å². The van der Waals surface area contributed by atoms with Crippen LogP contribution >= 0.6 is 0 Å². The van der Waals surface area contributed by atoms with Crippen LogP contribution in [0.25, 0.3) is 0 Å². The Balaban J connectivity index is 1.88. The molecule has 1 aliphatic heterocycles. The van der Waals surface area contributed by atoms with Crippen molar-refractivity contribution in [3.63, 3.8) is 0 Å². The third kappa shape index (κ3) is 3.66. The molecule has 1 atom stereocenters. The second-order valence-corrected chi connectivity index (χ2v) is 8.19. The summed E-state index contributed by atoms with van der Waals surface area (Å²) in [5.41, 5.74) is -6.35. The molecule has 1 N–H and O–H groups in total. The van der Waals surface area contributed by atoms with Crippen molar-refractivity contribution >= 4 is 21.2 Å². The van der Waals surface area contributed by atoms with E-state index in [0.29, 0.717) is 43.8 Å². The molecule has 0 saturated heterocycles. The quantitative estimate of drug-likeness (QED) is 0.584. The third-order valence-corrected chi connectivity index (χ3v) is 5.84. The highest BCUT2D eigenvalue weighted by molar-refractivity contribution is 7.92. The Bertz CT molecular complexity index is 1020. The number of nitrogens with zero attached hydrogens (tertiary/aromatic N) is 4. The number of hydrogen-bond acceptors (Lipinski definition) is 7. The molecule has 1 aromatic carbocycles. The van der Waals surface area contributed by atoms with Crippen LogP contribution in [0.3, 0.4) is 0 Å². The Morgan fingerprint density at radius 1 is 1.39 bits per heavy atom. The van der Waals surface area contributed by atoms with Gasteiger partial charge in [0.2, 0.25) is 0 Å². The molecule has 0 bridgehead atoms. The zero-order valence-corrected chi connectivity index (χ0v) is 15.4. The molecule has 0 spiro atoms. The number of aromatic nitrogens is 3. The van der Waals surface area contributed by atoms with Crippen LogP contribution in [0.15, 0.2) is 23.1 Å². The third-order valence-electron chi connectivity index (χ3n) is 4.36. The van der Waals surface area contributed by atoms with Crippen LogP contribution in [0.2, 0.25) is 0 Å². The Hall–Kier alpha value is -2.70. The maximum atomic E-state index is 12.7. The molecule has 2 heterocycles. The van der Waals surface area contributed by atoms with Crippen LogP contribution in [-0.2, 0) is 29.2 Å². The van der Waals surface area contributed by atoms with Gasteiger partial charge in [-0.15, -0.1) is 0 Å². The second kappa shape index (κ2) is 7.04. The van der Waals surface area contributed by atoms with Crippen LogP contribution in [0.4, 0.5) is 24.5 Å². The van der Waals surface area contributed by atoms with E-state index in [2.05, 4.69) is 15.4 Å². The summed E-state index contributed by atoms with van der Waals surface area (Å²) in [4.78, 5) is 13.6. The van der Waals surface area contributed by atoms with E-state index in [-0.39, 0.29) is 11.7 Å². The summed E-state index contributed by atoms with van der Waals surface area (Å²) in [5.74, 6) is 1.49. The summed E-state index contributed by atoms with van der Waals surface area (Å²) >= 11 is 0. The number of aryl methyl sites for hydroxylation is 2. The number of halogens is 3. The number of fused-ring (bicyclic) bond motifs is 1. The first kappa shape index (κ1) is 20.0. The largest absolute Gasteiger partial charge is 0.501 e. The van der Waals surface area contributed by atoms with Gasteiger partial charge in [-0.3, -0.25) is 10.1 Å². The van der Waals surface area contributed by atoms with E-state index >= 15 is 0 Å². The number of anilines is 1. The zero-order chi connectivity index (χ0) is 20.7. The number of nitro groups is 1. The molecule has 1 aliphatic rings. The minimum Gasteiger partial charge on any atom is -0.375 e. The predicted octanol–water partition coefficient (Wildman–Crippen LogP) is 2.47. The summed E-state index contributed by atoms with van der Waals surface area (Å²) in [7, 11) is -5.68. The molecule has 2 aromatic rings. The van der Waals surface area contributed by atoms with Crippen LogP contribution in [0.5, 0.6) is 0 Å². The summed E-state index contributed by atoms with van der Waals surface area (Å²) < 4.78 is 62.8. The molecule has 152 valence electrons. The highest BCUT2D eigenvalue weighted by atomic mass is 32.2. The van der Waals surface area contributed by atoms with Crippen molar-refractivity contribution in [3.8, 4) is 0 Å². The molecule has 1 aromatic heterocycles. The zero-order valence-electron chi connectivity index (χ0n) is 14.6. The SMILES string of the molecule is CCc1nc2n(n1)CC(Nc1ccc(S(=O)(=O)C(F)(F)F)cc1[N+](=O)[O-])CC2. The van der Waals surface area contributed by atoms with Gasteiger partial charge in [-0.1, -0.05) is 6.92 Å². The van der Waals surface area contributed by atoms with Gasteiger partial charge < -0.3 is 5.32 Å². The number of benzene rings is 1. The summed E-state index contributed by atoms with van der Waals surface area (Å²) in [6, 6.07) is 1.83. The Labute approximate surface area is 157 Å². The van der Waals surface area contributed by atoms with Gasteiger partial charge in [0.15, 0.2) is 5.82 Å². The molecule has 28 heavy (non-hydrogen) atoms. The predicted molar refractivity (Wildman–Crippen MR) is 91.5 cm³/mol. The fraction of sp³-hybridized carbons (Fsp3) is 0.467. The second-order valence-electron chi connectivity index (χ2n) is 6.25. The maximum absolute atomic E-state index is 12.7. The van der Waals surface area contributed by atoms with Gasteiger partial charge in [0.05, 0.1) is 16.4 Å². The Morgan fingerprint density at radius 3 is 2.71 bits per heavy atom. The lowest BCUT2D eigenvalue weighted by Gasteiger charge is -2.24. The Morgan fingerprint density at radius 2 is 2.11 bits per heavy atom.